The van der Waals surface area contributed by atoms with Crippen LogP contribution in [0.15, 0.2) is 83.7 Å². The number of primary amides is 1. The summed E-state index contributed by atoms with van der Waals surface area (Å²) >= 11 is 0. The predicted octanol–water partition coefficient (Wildman–Crippen LogP) is 2.18. The number of likely N-dealkylation sites (tertiary alicyclic amines) is 1. The number of amides is 8. The lowest BCUT2D eigenvalue weighted by Crippen LogP contribution is -2.63. The number of benzene rings is 3. The highest BCUT2D eigenvalue weighted by Gasteiger charge is 2.48. The molecule has 1 aromatic heterocycles. The second-order valence-corrected chi connectivity index (χ2v) is 19.3. The number of nitrogens with zero attached hydrogens (tertiary/aromatic N) is 5. The number of rotatable bonds is 15. The fraction of sp³-hybridized carbons (Fsp3) is 0.471. The smallest absolute Gasteiger partial charge is 0.370 e. The van der Waals surface area contributed by atoms with E-state index in [0.29, 0.717) is 30.7 Å². The third-order valence-electron chi connectivity index (χ3n) is 14.6. The van der Waals surface area contributed by atoms with E-state index in [1.807, 2.05) is 54.6 Å². The van der Waals surface area contributed by atoms with Crippen molar-refractivity contribution < 1.29 is 51.5 Å². The minimum Gasteiger partial charge on any atom is -0.370 e. The van der Waals surface area contributed by atoms with E-state index in [4.69, 9.17) is 5.73 Å². The normalized spacial score (nSPS) is 21.5. The highest BCUT2D eigenvalue weighted by Crippen LogP contribution is 2.33. The van der Waals surface area contributed by atoms with Crippen molar-refractivity contribution in [1.82, 2.24) is 45.1 Å². The Kier molecular flexibility index (Phi) is 15.8. The average Bonchev–Trinajstić information content (AvgIpc) is 3.90. The van der Waals surface area contributed by atoms with Crippen LogP contribution in [0.5, 0.6) is 0 Å². The molecule has 4 saturated heterocycles. The number of imidazole rings is 1. The molecule has 19 nitrogen and oxygen atoms in total. The van der Waals surface area contributed by atoms with Crippen LogP contribution in [0.25, 0.3) is 11.0 Å². The third kappa shape index (κ3) is 11.8. The fourth-order valence-corrected chi connectivity index (χ4v) is 10.7. The molecule has 6 N–H and O–H groups in total. The molecule has 8 amide bonds. The highest BCUT2D eigenvalue weighted by atomic mass is 19.4. The molecule has 1 unspecified atom stereocenters. The van der Waals surface area contributed by atoms with Crippen LogP contribution in [0.2, 0.25) is 0 Å². The van der Waals surface area contributed by atoms with Crippen LogP contribution >= 0.6 is 0 Å². The molecule has 5 heterocycles. The molecular formula is C51H59F3N10O9. The Hall–Kier alpha value is -7.36. The van der Waals surface area contributed by atoms with Crippen molar-refractivity contribution in [3.63, 3.8) is 0 Å². The maximum Gasteiger partial charge on any atom is 0.471 e. The second-order valence-electron chi connectivity index (χ2n) is 19.3. The summed E-state index contributed by atoms with van der Waals surface area (Å²) in [4.78, 5) is 123. The molecule has 73 heavy (non-hydrogen) atoms. The summed E-state index contributed by atoms with van der Waals surface area (Å²) in [5, 5.41) is 9.74. The Morgan fingerprint density at radius 2 is 1.47 bits per heavy atom. The SMILES string of the molecule is Cn1c(=O)n(C2CCC(=O)NC2=O)c2ccc(C3CCN(CCC(=O)N4CC[C@H]5CC[C@@H](C(=O)N[C@@H](CCC(N)=O)C(=O)NC(c6ccccc6)c6ccccc6)N5C(=O)[C@@H](NC(=O)C(F)(F)F)C4)CC3)cc21. The summed E-state index contributed by atoms with van der Waals surface area (Å²) in [6, 6.07) is 17.2. The monoisotopic (exact) mass is 1010 g/mol. The van der Waals surface area contributed by atoms with Crippen LogP contribution in [0.1, 0.15) is 98.9 Å². The summed E-state index contributed by atoms with van der Waals surface area (Å²) in [7, 11) is 1.63. The fourth-order valence-electron chi connectivity index (χ4n) is 10.7. The highest BCUT2D eigenvalue weighted by molar-refractivity contribution is 6.00. The number of aryl methyl sites for hydroxylation is 1. The van der Waals surface area contributed by atoms with Gasteiger partial charge in [0.1, 0.15) is 24.2 Å². The predicted molar refractivity (Wildman–Crippen MR) is 258 cm³/mol. The third-order valence-corrected chi connectivity index (χ3v) is 14.6. The van der Waals surface area contributed by atoms with Crippen LogP contribution < -0.4 is 32.7 Å². The number of imide groups is 1. The van der Waals surface area contributed by atoms with Gasteiger partial charge in [0.05, 0.1) is 17.1 Å². The molecule has 0 saturated carbocycles. The summed E-state index contributed by atoms with van der Waals surface area (Å²) < 4.78 is 44.2. The first-order valence-electron chi connectivity index (χ1n) is 24.6. The van der Waals surface area contributed by atoms with Gasteiger partial charge in [-0.3, -0.25) is 52.8 Å². The van der Waals surface area contributed by atoms with Crippen LogP contribution in [-0.4, -0.2) is 134 Å². The van der Waals surface area contributed by atoms with Gasteiger partial charge in [-0.1, -0.05) is 66.7 Å². The summed E-state index contributed by atoms with van der Waals surface area (Å²) in [6.07, 6.45) is -3.61. The lowest BCUT2D eigenvalue weighted by Gasteiger charge is -2.39. The van der Waals surface area contributed by atoms with E-state index in [0.717, 1.165) is 34.4 Å². The number of nitrogens with two attached hydrogens (primary N) is 1. The lowest BCUT2D eigenvalue weighted by atomic mass is 9.89. The topological polar surface area (TPSA) is 247 Å². The van der Waals surface area contributed by atoms with Gasteiger partial charge in [0, 0.05) is 52.0 Å². The van der Waals surface area contributed by atoms with Crippen molar-refractivity contribution in [3.05, 3.63) is 106 Å². The average molecular weight is 1010 g/mol. The number of nitrogens with one attached hydrogen (secondary N) is 4. The molecule has 0 radical (unpaired) electrons. The molecule has 4 aromatic rings. The lowest BCUT2D eigenvalue weighted by molar-refractivity contribution is -0.175. The molecule has 4 aliphatic rings. The van der Waals surface area contributed by atoms with E-state index in [2.05, 4.69) is 20.9 Å². The van der Waals surface area contributed by atoms with Crippen LogP contribution in [-0.2, 0) is 45.4 Å². The number of fused-ring (bicyclic) bond motifs is 2. The Labute approximate surface area is 417 Å². The van der Waals surface area contributed by atoms with E-state index >= 15 is 0 Å². The van der Waals surface area contributed by atoms with E-state index in [-0.39, 0.29) is 75.4 Å². The minimum atomic E-state index is -5.37. The number of alkyl halides is 3. The summed E-state index contributed by atoms with van der Waals surface area (Å²) in [6.45, 7) is 0.974. The van der Waals surface area contributed by atoms with Gasteiger partial charge >= 0.3 is 17.8 Å². The van der Waals surface area contributed by atoms with Crippen molar-refractivity contribution >= 4 is 58.3 Å². The van der Waals surface area contributed by atoms with Gasteiger partial charge in [0.15, 0.2) is 0 Å². The Bertz CT molecular complexity index is 2770. The molecule has 5 atom stereocenters. The van der Waals surface area contributed by atoms with E-state index in [1.165, 1.54) is 14.0 Å². The van der Waals surface area contributed by atoms with Crippen molar-refractivity contribution in [2.45, 2.75) is 113 Å². The minimum absolute atomic E-state index is 0.0162. The number of hydrogen-bond donors (Lipinski definition) is 5. The first kappa shape index (κ1) is 52.0. The Morgan fingerprint density at radius 3 is 2.10 bits per heavy atom. The summed E-state index contributed by atoms with van der Waals surface area (Å²) in [5.74, 6) is -6.75. The van der Waals surface area contributed by atoms with Gasteiger partial charge < -0.3 is 36.4 Å². The first-order valence-corrected chi connectivity index (χ1v) is 24.6. The van der Waals surface area contributed by atoms with Crippen molar-refractivity contribution in [3.8, 4) is 0 Å². The molecule has 22 heteroatoms. The van der Waals surface area contributed by atoms with Crippen molar-refractivity contribution in [2.75, 3.05) is 32.7 Å². The molecule has 4 fully saturated rings. The van der Waals surface area contributed by atoms with Gasteiger partial charge in [-0.05, 0) is 92.8 Å². The van der Waals surface area contributed by atoms with Crippen LogP contribution in [0, 0.1) is 0 Å². The number of piperidine rings is 2. The zero-order valence-electron chi connectivity index (χ0n) is 40.3. The molecule has 3 aromatic carbocycles. The number of hydrogen-bond acceptors (Lipinski definition) is 10. The van der Waals surface area contributed by atoms with Gasteiger partial charge in [-0.15, -0.1) is 0 Å². The van der Waals surface area contributed by atoms with Crippen molar-refractivity contribution in [1.29, 1.82) is 0 Å². The zero-order valence-corrected chi connectivity index (χ0v) is 40.3. The quantitative estimate of drug-likeness (QED) is 0.109. The van der Waals surface area contributed by atoms with Crippen LogP contribution in [0.4, 0.5) is 13.2 Å². The Balaban J connectivity index is 0.911. The zero-order chi connectivity index (χ0) is 52.1. The van der Waals surface area contributed by atoms with Gasteiger partial charge in [0.2, 0.25) is 41.4 Å². The number of carbonyl (C=O) groups is 8. The standard InChI is InChI=1S/C51H59F3N10O9/c1-60-40-28-33(12-15-37(40)64(50(60)73)39-17-19-42(66)58-47(39)70)30-20-24-61(25-21-30)26-23-43(67)62-27-22-34-13-16-38(63(34)48(71)36(29-62)57-49(72)51(52,53)54)46(69)56-35(14-18-41(55)65)45(68)59-44(31-8-4-2-5-9-31)32-10-6-3-7-11-32/h2-12,15,28,30,34-36,38-39,44H,13-14,16-27,29H2,1H3,(H2,55,65)(H,56,69)(H,57,72)(H,59,68)(H,58,66,70)/t34-,35+,36+,38+,39?/m1/s1. The molecule has 4 aliphatic heterocycles. The number of halogens is 3. The second kappa shape index (κ2) is 22.2. The van der Waals surface area contributed by atoms with E-state index < -0.39 is 90.3 Å². The molecule has 0 aliphatic carbocycles. The maximum absolute atomic E-state index is 14.4. The molecule has 388 valence electrons. The molecule has 0 bridgehead atoms. The largest absolute Gasteiger partial charge is 0.471 e. The number of carbonyl (C=O) groups excluding carboxylic acids is 8. The molecule has 8 rings (SSSR count). The molecule has 0 spiro atoms. The van der Waals surface area contributed by atoms with Gasteiger partial charge in [-0.2, -0.15) is 13.2 Å². The van der Waals surface area contributed by atoms with Gasteiger partial charge in [-0.25, -0.2) is 4.79 Å². The molecular weight excluding hydrogens is 954 g/mol. The van der Waals surface area contributed by atoms with E-state index in [1.54, 1.807) is 36.6 Å². The van der Waals surface area contributed by atoms with Crippen molar-refractivity contribution in [2.24, 2.45) is 12.8 Å². The maximum atomic E-state index is 14.4. The van der Waals surface area contributed by atoms with Crippen LogP contribution in [0.3, 0.4) is 0 Å². The Morgan fingerprint density at radius 1 is 0.795 bits per heavy atom. The first-order chi connectivity index (χ1) is 34.9. The van der Waals surface area contributed by atoms with Gasteiger partial charge in [0.25, 0.3) is 0 Å². The number of aromatic nitrogens is 2. The van der Waals surface area contributed by atoms with E-state index in [9.17, 15) is 56.3 Å². The summed E-state index contributed by atoms with van der Waals surface area (Å²) in [5.41, 5.74) is 8.79.